The van der Waals surface area contributed by atoms with Gasteiger partial charge in [0, 0.05) is 44.7 Å². The van der Waals surface area contributed by atoms with Crippen molar-refractivity contribution < 1.29 is 9.18 Å². The zero-order valence-corrected chi connectivity index (χ0v) is 16.3. The number of rotatable bonds is 4. The average Bonchev–Trinajstić information content (AvgIpc) is 2.76. The molecule has 1 aliphatic rings. The van der Waals surface area contributed by atoms with Gasteiger partial charge in [0.1, 0.15) is 5.82 Å². The highest BCUT2D eigenvalue weighted by molar-refractivity contribution is 5.95. The molecule has 2 heterocycles. The van der Waals surface area contributed by atoms with Gasteiger partial charge in [-0.05, 0) is 36.8 Å². The first-order valence-electron chi connectivity index (χ1n) is 9.82. The molecule has 1 aliphatic heterocycles. The van der Waals surface area contributed by atoms with Gasteiger partial charge in [-0.1, -0.05) is 24.3 Å². The first kappa shape index (κ1) is 19.3. The Morgan fingerprint density at radius 3 is 2.41 bits per heavy atom. The van der Waals surface area contributed by atoms with E-state index in [1.54, 1.807) is 33.8 Å². The lowest BCUT2D eigenvalue weighted by Gasteiger charge is -2.34. The summed E-state index contributed by atoms with van der Waals surface area (Å²) in [6.45, 7) is 5.66. The Balaban J connectivity index is 1.49. The Bertz CT molecular complexity index is 1090. The minimum absolute atomic E-state index is 0.0162. The fourth-order valence-electron chi connectivity index (χ4n) is 3.73. The van der Waals surface area contributed by atoms with Crippen LogP contribution in [-0.4, -0.2) is 51.7 Å². The molecule has 0 saturated carbocycles. The second-order valence-electron chi connectivity index (χ2n) is 7.21. The number of benzene rings is 2. The van der Waals surface area contributed by atoms with Crippen LogP contribution in [-0.2, 0) is 13.1 Å². The SMILES string of the molecule is CCn1nc(C(=O)N2CCN(Cc3ccc(F)cc3)CC2)c(=O)c2ccccc21. The summed E-state index contributed by atoms with van der Waals surface area (Å²) >= 11 is 0. The number of nitrogens with zero attached hydrogens (tertiary/aromatic N) is 4. The minimum Gasteiger partial charge on any atom is -0.335 e. The molecular weight excluding hydrogens is 371 g/mol. The summed E-state index contributed by atoms with van der Waals surface area (Å²) in [6.07, 6.45) is 0. The third-order valence-corrected chi connectivity index (χ3v) is 5.34. The molecule has 4 rings (SSSR count). The van der Waals surface area contributed by atoms with E-state index >= 15 is 0 Å². The molecule has 1 amide bonds. The van der Waals surface area contributed by atoms with Crippen LogP contribution in [0.2, 0.25) is 0 Å². The summed E-state index contributed by atoms with van der Waals surface area (Å²) < 4.78 is 14.8. The smallest absolute Gasteiger partial charge is 0.278 e. The molecule has 1 fully saturated rings. The van der Waals surface area contributed by atoms with Gasteiger partial charge < -0.3 is 4.90 Å². The number of amides is 1. The number of hydrogen-bond donors (Lipinski definition) is 0. The quantitative estimate of drug-likeness (QED) is 0.682. The molecule has 0 unspecified atom stereocenters. The second kappa shape index (κ2) is 8.13. The van der Waals surface area contributed by atoms with E-state index in [-0.39, 0.29) is 22.8 Å². The highest BCUT2D eigenvalue weighted by Crippen LogP contribution is 2.13. The van der Waals surface area contributed by atoms with Crippen molar-refractivity contribution in [1.29, 1.82) is 0 Å². The van der Waals surface area contributed by atoms with Gasteiger partial charge in [0.2, 0.25) is 5.43 Å². The molecule has 0 N–H and O–H groups in total. The number of piperazine rings is 1. The Morgan fingerprint density at radius 1 is 1.03 bits per heavy atom. The van der Waals surface area contributed by atoms with E-state index in [0.29, 0.717) is 44.7 Å². The van der Waals surface area contributed by atoms with Crippen molar-refractivity contribution in [2.75, 3.05) is 26.2 Å². The lowest BCUT2D eigenvalue weighted by molar-refractivity contribution is 0.0619. The summed E-state index contributed by atoms with van der Waals surface area (Å²) in [7, 11) is 0. The standard InChI is InChI=1S/C22H23FN4O2/c1-2-27-19-6-4-3-5-18(19)21(28)20(24-27)22(29)26-13-11-25(12-14-26)15-16-7-9-17(23)10-8-16/h3-10H,2,11-15H2,1H3. The molecule has 0 spiro atoms. The zero-order chi connectivity index (χ0) is 20.4. The predicted octanol–water partition coefficient (Wildman–Crippen LogP) is 2.51. The molecule has 150 valence electrons. The fourth-order valence-corrected chi connectivity index (χ4v) is 3.73. The maximum absolute atomic E-state index is 13.1. The van der Waals surface area contributed by atoms with Gasteiger partial charge in [0.05, 0.1) is 5.52 Å². The van der Waals surface area contributed by atoms with Crippen molar-refractivity contribution in [1.82, 2.24) is 19.6 Å². The molecule has 7 heteroatoms. The molecular formula is C22H23FN4O2. The first-order valence-corrected chi connectivity index (χ1v) is 9.82. The number of aromatic nitrogens is 2. The van der Waals surface area contributed by atoms with Crippen molar-refractivity contribution in [3.8, 4) is 0 Å². The van der Waals surface area contributed by atoms with Gasteiger partial charge in [-0.15, -0.1) is 0 Å². The maximum atomic E-state index is 13.1. The van der Waals surface area contributed by atoms with E-state index in [9.17, 15) is 14.0 Å². The third kappa shape index (κ3) is 3.91. The number of fused-ring (bicyclic) bond motifs is 1. The Hall–Kier alpha value is -3.06. The van der Waals surface area contributed by atoms with Crippen LogP contribution >= 0.6 is 0 Å². The molecule has 6 nitrogen and oxygen atoms in total. The Labute approximate surface area is 168 Å². The summed E-state index contributed by atoms with van der Waals surface area (Å²) in [5.41, 5.74) is 1.44. The number of carbonyl (C=O) groups is 1. The van der Waals surface area contributed by atoms with Crippen molar-refractivity contribution in [2.24, 2.45) is 0 Å². The topological polar surface area (TPSA) is 58.4 Å². The third-order valence-electron chi connectivity index (χ3n) is 5.34. The van der Waals surface area contributed by atoms with Gasteiger partial charge >= 0.3 is 0 Å². The molecule has 3 aromatic rings. The van der Waals surface area contributed by atoms with Gasteiger partial charge in [-0.25, -0.2) is 4.39 Å². The predicted molar refractivity (Wildman–Crippen MR) is 109 cm³/mol. The van der Waals surface area contributed by atoms with Gasteiger partial charge in [-0.3, -0.25) is 19.2 Å². The van der Waals surface area contributed by atoms with Gasteiger partial charge in [-0.2, -0.15) is 5.10 Å². The normalized spacial score (nSPS) is 15.0. The van der Waals surface area contributed by atoms with Crippen LogP contribution < -0.4 is 5.43 Å². The summed E-state index contributed by atoms with van der Waals surface area (Å²) in [6, 6.07) is 13.7. The van der Waals surface area contributed by atoms with Crippen LogP contribution in [0.3, 0.4) is 0 Å². The first-order chi connectivity index (χ1) is 14.1. The number of hydrogen-bond acceptors (Lipinski definition) is 4. The Kier molecular flexibility index (Phi) is 5.40. The zero-order valence-electron chi connectivity index (χ0n) is 16.3. The van der Waals surface area contributed by atoms with Crippen LogP contribution in [0.4, 0.5) is 4.39 Å². The van der Waals surface area contributed by atoms with E-state index < -0.39 is 0 Å². The highest BCUT2D eigenvalue weighted by Gasteiger charge is 2.26. The lowest BCUT2D eigenvalue weighted by atomic mass is 10.1. The van der Waals surface area contributed by atoms with E-state index in [4.69, 9.17) is 0 Å². The molecule has 0 bridgehead atoms. The van der Waals surface area contributed by atoms with E-state index in [1.165, 1.54) is 12.1 Å². The monoisotopic (exact) mass is 394 g/mol. The molecule has 29 heavy (non-hydrogen) atoms. The maximum Gasteiger partial charge on any atom is 0.278 e. The molecule has 1 saturated heterocycles. The summed E-state index contributed by atoms with van der Waals surface area (Å²) in [5.74, 6) is -0.561. The Morgan fingerprint density at radius 2 is 1.72 bits per heavy atom. The number of aryl methyl sites for hydroxylation is 1. The molecule has 1 aromatic heterocycles. The van der Waals surface area contributed by atoms with Gasteiger partial charge in [0.25, 0.3) is 5.91 Å². The van der Waals surface area contributed by atoms with Crippen LogP contribution in [0.5, 0.6) is 0 Å². The van der Waals surface area contributed by atoms with Crippen molar-refractivity contribution >= 4 is 16.8 Å². The van der Waals surface area contributed by atoms with E-state index in [2.05, 4.69) is 10.00 Å². The lowest BCUT2D eigenvalue weighted by Crippen LogP contribution is -2.49. The minimum atomic E-state index is -0.316. The van der Waals surface area contributed by atoms with Crippen molar-refractivity contribution in [3.63, 3.8) is 0 Å². The van der Waals surface area contributed by atoms with Crippen LogP contribution in [0.1, 0.15) is 23.0 Å². The molecule has 0 radical (unpaired) electrons. The molecule has 2 aromatic carbocycles. The summed E-state index contributed by atoms with van der Waals surface area (Å²) in [4.78, 5) is 29.8. The number of para-hydroxylation sites is 1. The van der Waals surface area contributed by atoms with Gasteiger partial charge in [0.15, 0.2) is 5.69 Å². The van der Waals surface area contributed by atoms with Crippen molar-refractivity contribution in [3.05, 3.63) is 75.8 Å². The largest absolute Gasteiger partial charge is 0.335 e. The van der Waals surface area contributed by atoms with Crippen molar-refractivity contribution in [2.45, 2.75) is 20.0 Å². The second-order valence-corrected chi connectivity index (χ2v) is 7.21. The van der Waals surface area contributed by atoms with E-state index in [0.717, 1.165) is 11.1 Å². The average molecular weight is 394 g/mol. The molecule has 0 aliphatic carbocycles. The van der Waals surface area contributed by atoms with Crippen LogP contribution in [0.15, 0.2) is 53.3 Å². The van der Waals surface area contributed by atoms with E-state index in [1.807, 2.05) is 19.1 Å². The molecule has 0 atom stereocenters. The highest BCUT2D eigenvalue weighted by atomic mass is 19.1. The fraction of sp³-hybridized carbons (Fsp3) is 0.318. The van der Waals surface area contributed by atoms with Crippen LogP contribution in [0, 0.1) is 5.82 Å². The number of carbonyl (C=O) groups excluding carboxylic acids is 1. The van der Waals surface area contributed by atoms with Crippen LogP contribution in [0.25, 0.3) is 10.9 Å². The summed E-state index contributed by atoms with van der Waals surface area (Å²) in [5, 5.41) is 4.87. The number of halogens is 1.